The minimum absolute atomic E-state index is 0.120. The first-order chi connectivity index (χ1) is 16.9. The van der Waals surface area contributed by atoms with Gasteiger partial charge in [-0.1, -0.05) is 23.7 Å². The molecule has 0 radical (unpaired) electrons. The molecule has 0 aliphatic carbocycles. The number of pyridine rings is 1. The fraction of sp³-hybridized carbons (Fsp3) is 0.400. The Morgan fingerprint density at radius 2 is 1.97 bits per heavy atom. The second-order valence-corrected chi connectivity index (χ2v) is 10.4. The predicted octanol–water partition coefficient (Wildman–Crippen LogP) is 5.06. The van der Waals surface area contributed by atoms with Gasteiger partial charge in [-0.2, -0.15) is 0 Å². The van der Waals surface area contributed by atoms with Gasteiger partial charge in [0.05, 0.1) is 22.3 Å². The molecular weight excluding hydrogens is 482 g/mol. The molecule has 4 heterocycles. The zero-order valence-electron chi connectivity index (χ0n) is 20.0. The molecule has 182 valence electrons. The maximum atomic E-state index is 13.5. The largest absolute Gasteiger partial charge is 0.360 e. The maximum Gasteiger partial charge on any atom is 0.270 e. The Hall–Kier alpha value is -2.88. The van der Waals surface area contributed by atoms with E-state index in [4.69, 9.17) is 16.6 Å². The van der Waals surface area contributed by atoms with Crippen molar-refractivity contribution in [2.24, 2.45) is 0 Å². The fourth-order valence-corrected chi connectivity index (χ4v) is 5.46. The average Bonchev–Trinajstić information content (AvgIpc) is 3.34. The number of anilines is 1. The Morgan fingerprint density at radius 1 is 1.17 bits per heavy atom. The van der Waals surface area contributed by atoms with Crippen molar-refractivity contribution in [3.05, 3.63) is 52.5 Å². The Bertz CT molecular complexity index is 1370. The van der Waals surface area contributed by atoms with E-state index < -0.39 is 0 Å². The van der Waals surface area contributed by atoms with E-state index in [1.165, 1.54) is 17.7 Å². The molecule has 10 heteroatoms. The van der Waals surface area contributed by atoms with Crippen molar-refractivity contribution in [1.82, 2.24) is 30.2 Å². The van der Waals surface area contributed by atoms with Crippen molar-refractivity contribution in [2.45, 2.75) is 51.7 Å². The number of thiazole rings is 1. The van der Waals surface area contributed by atoms with E-state index in [9.17, 15) is 4.79 Å². The average molecular weight is 510 g/mol. The van der Waals surface area contributed by atoms with Gasteiger partial charge in [0.25, 0.3) is 5.91 Å². The normalized spacial score (nSPS) is 16.1. The molecule has 3 aromatic heterocycles. The number of piperidine rings is 1. The highest BCUT2D eigenvalue weighted by molar-refractivity contribution is 7.16. The number of rotatable bonds is 6. The van der Waals surface area contributed by atoms with E-state index in [2.05, 4.69) is 44.3 Å². The van der Waals surface area contributed by atoms with Gasteiger partial charge in [-0.3, -0.25) is 4.79 Å². The summed E-state index contributed by atoms with van der Waals surface area (Å²) in [5.74, 6) is 0.448. The lowest BCUT2D eigenvalue weighted by Gasteiger charge is -2.34. The number of carbonyl (C=O) groups excluding carboxylic acids is 1. The minimum atomic E-state index is -0.223. The smallest absolute Gasteiger partial charge is 0.270 e. The summed E-state index contributed by atoms with van der Waals surface area (Å²) in [5, 5.41) is 8.66. The van der Waals surface area contributed by atoms with Gasteiger partial charge in [-0.25, -0.2) is 19.9 Å². The summed E-state index contributed by atoms with van der Waals surface area (Å²) in [6, 6.07) is 8.02. The summed E-state index contributed by atoms with van der Waals surface area (Å²) in [5.41, 5.74) is 3.55. The highest BCUT2D eigenvalue weighted by Gasteiger charge is 2.25. The SMILES string of the molecule is CC(C)N1CCC(NC(=O)c2nc([C@H](C)Nc3ncnc4scnc34)cc3cccc(Cl)c23)CC1. The third kappa shape index (κ3) is 4.94. The number of likely N-dealkylation sites (tertiary alicyclic amines) is 1. The van der Waals surface area contributed by atoms with Gasteiger partial charge in [-0.05, 0) is 51.1 Å². The number of aromatic nitrogens is 4. The zero-order chi connectivity index (χ0) is 24.5. The van der Waals surface area contributed by atoms with Crippen molar-refractivity contribution >= 4 is 55.8 Å². The van der Waals surface area contributed by atoms with E-state index >= 15 is 0 Å². The zero-order valence-corrected chi connectivity index (χ0v) is 21.5. The molecule has 1 saturated heterocycles. The van der Waals surface area contributed by atoms with Crippen molar-refractivity contribution in [2.75, 3.05) is 18.4 Å². The molecule has 0 bridgehead atoms. The molecule has 35 heavy (non-hydrogen) atoms. The lowest BCUT2D eigenvalue weighted by molar-refractivity contribution is 0.0897. The Labute approximate surface area is 213 Å². The summed E-state index contributed by atoms with van der Waals surface area (Å²) in [6.45, 7) is 8.35. The van der Waals surface area contributed by atoms with Crippen molar-refractivity contribution in [3.8, 4) is 0 Å². The van der Waals surface area contributed by atoms with Gasteiger partial charge >= 0.3 is 0 Å². The summed E-state index contributed by atoms with van der Waals surface area (Å²) in [7, 11) is 0. The third-order valence-corrected chi connectivity index (χ3v) is 7.62. The topological polar surface area (TPSA) is 95.9 Å². The lowest BCUT2D eigenvalue weighted by atomic mass is 10.0. The number of halogens is 1. The minimum Gasteiger partial charge on any atom is -0.360 e. The summed E-state index contributed by atoms with van der Waals surface area (Å²) in [6.07, 6.45) is 3.36. The Morgan fingerprint density at radius 3 is 2.74 bits per heavy atom. The van der Waals surface area contributed by atoms with Crippen molar-refractivity contribution in [1.29, 1.82) is 0 Å². The molecule has 1 aliphatic rings. The second-order valence-electron chi connectivity index (χ2n) is 9.21. The van der Waals surface area contributed by atoms with E-state index in [0.29, 0.717) is 28.0 Å². The molecule has 8 nitrogen and oxygen atoms in total. The van der Waals surface area contributed by atoms with E-state index in [1.807, 2.05) is 25.1 Å². The van der Waals surface area contributed by atoms with Crippen LogP contribution >= 0.6 is 22.9 Å². The molecule has 4 aromatic rings. The molecule has 1 atom stereocenters. The van der Waals surface area contributed by atoms with Gasteiger partial charge in [0, 0.05) is 30.6 Å². The quantitative estimate of drug-likeness (QED) is 0.375. The highest BCUT2D eigenvalue weighted by atomic mass is 35.5. The van der Waals surface area contributed by atoms with E-state index in [0.717, 1.165) is 47.4 Å². The number of hydrogen-bond donors (Lipinski definition) is 2. The highest BCUT2D eigenvalue weighted by Crippen LogP contribution is 2.30. The number of nitrogens with one attached hydrogen (secondary N) is 2. The van der Waals surface area contributed by atoms with Crippen LogP contribution < -0.4 is 10.6 Å². The Balaban J connectivity index is 1.43. The molecule has 1 aliphatic heterocycles. The molecule has 1 amide bonds. The number of hydrogen-bond acceptors (Lipinski definition) is 8. The van der Waals surface area contributed by atoms with E-state index in [-0.39, 0.29) is 18.0 Å². The van der Waals surface area contributed by atoms with Crippen LogP contribution in [-0.4, -0.2) is 55.9 Å². The number of carbonyl (C=O) groups is 1. The first kappa shape index (κ1) is 23.8. The van der Waals surface area contributed by atoms with Gasteiger partial charge in [-0.15, -0.1) is 11.3 Å². The molecule has 0 unspecified atom stereocenters. The first-order valence-electron chi connectivity index (χ1n) is 11.9. The van der Waals surface area contributed by atoms with Crippen LogP contribution in [0.4, 0.5) is 5.82 Å². The van der Waals surface area contributed by atoms with E-state index in [1.54, 1.807) is 11.6 Å². The van der Waals surface area contributed by atoms with Gasteiger partial charge < -0.3 is 15.5 Å². The predicted molar refractivity (Wildman–Crippen MR) is 141 cm³/mol. The molecular formula is C25H28ClN7OS. The molecule has 0 spiro atoms. The molecule has 1 fully saturated rings. The standard InChI is InChI=1S/C25H28ClN7OS/c1-14(2)33-9-7-17(8-10-33)31-24(34)21-20-16(5-4-6-18(20)26)11-19(32-21)15(3)30-23-22-25(28-12-27-23)35-13-29-22/h4-6,11-15,17H,7-10H2,1-3H3,(H,31,34)(H,27,28,30)/t15-/m0/s1. The first-order valence-corrected chi connectivity index (χ1v) is 13.1. The van der Waals surface area contributed by atoms with Gasteiger partial charge in [0.1, 0.15) is 22.4 Å². The number of fused-ring (bicyclic) bond motifs is 2. The van der Waals surface area contributed by atoms with Crippen LogP contribution in [0.1, 0.15) is 55.8 Å². The van der Waals surface area contributed by atoms with Crippen LogP contribution in [0, 0.1) is 0 Å². The van der Waals surface area contributed by atoms with Crippen LogP contribution in [0.25, 0.3) is 21.1 Å². The maximum absolute atomic E-state index is 13.5. The van der Waals surface area contributed by atoms with Crippen LogP contribution in [0.3, 0.4) is 0 Å². The summed E-state index contributed by atoms with van der Waals surface area (Å²) >= 11 is 8.01. The Kier molecular flexibility index (Phi) is 6.82. The van der Waals surface area contributed by atoms with Gasteiger partial charge in [0.15, 0.2) is 5.82 Å². The monoisotopic (exact) mass is 509 g/mol. The van der Waals surface area contributed by atoms with Crippen molar-refractivity contribution < 1.29 is 4.79 Å². The van der Waals surface area contributed by atoms with Gasteiger partial charge in [0.2, 0.25) is 0 Å². The molecule has 1 aromatic carbocycles. The fourth-order valence-electron chi connectivity index (χ4n) is 4.57. The van der Waals surface area contributed by atoms with Crippen LogP contribution in [0.15, 0.2) is 36.1 Å². The molecule has 5 rings (SSSR count). The molecule has 2 N–H and O–H groups in total. The number of benzene rings is 1. The second kappa shape index (κ2) is 10.0. The molecule has 0 saturated carbocycles. The van der Waals surface area contributed by atoms with Crippen LogP contribution in [0.5, 0.6) is 0 Å². The lowest BCUT2D eigenvalue weighted by Crippen LogP contribution is -2.46. The van der Waals surface area contributed by atoms with Crippen LogP contribution in [0.2, 0.25) is 5.02 Å². The summed E-state index contributed by atoms with van der Waals surface area (Å²) < 4.78 is 0. The number of nitrogens with zero attached hydrogens (tertiary/aromatic N) is 5. The van der Waals surface area contributed by atoms with Crippen molar-refractivity contribution in [3.63, 3.8) is 0 Å². The summed E-state index contributed by atoms with van der Waals surface area (Å²) in [4.78, 5) is 34.5. The van der Waals surface area contributed by atoms with Crippen LogP contribution in [-0.2, 0) is 0 Å². The number of amides is 1. The third-order valence-electron chi connectivity index (χ3n) is 6.57.